The van der Waals surface area contributed by atoms with Crippen LogP contribution in [-0.4, -0.2) is 4.98 Å². The van der Waals surface area contributed by atoms with Gasteiger partial charge in [0, 0.05) is 28.0 Å². The third-order valence-electron chi connectivity index (χ3n) is 1.93. The van der Waals surface area contributed by atoms with Gasteiger partial charge < -0.3 is 0 Å². The molecule has 70 valence electrons. The molecule has 0 unspecified atom stereocenters. The van der Waals surface area contributed by atoms with Crippen molar-refractivity contribution in [3.05, 3.63) is 53.0 Å². The summed E-state index contributed by atoms with van der Waals surface area (Å²) in [5, 5.41) is 0. The minimum Gasteiger partial charge on any atom is -0.264 e. The number of hydrogen-bond acceptors (Lipinski definition) is 1. The number of nitrogens with zero attached hydrogens (tertiary/aromatic N) is 1. The molecule has 0 spiro atoms. The zero-order valence-electron chi connectivity index (χ0n) is 7.24. The van der Waals surface area contributed by atoms with Crippen LogP contribution < -0.4 is 0 Å². The summed E-state index contributed by atoms with van der Waals surface area (Å²) in [6.07, 6.45) is 3.30. The molecule has 0 amide bonds. The maximum absolute atomic E-state index is 13.4. The molecule has 0 aliphatic rings. The van der Waals surface area contributed by atoms with Crippen LogP contribution in [0.5, 0.6) is 0 Å². The Labute approximate surface area is 89.7 Å². The standard InChI is InChI=1S/C11H7BrFN/c12-10-5-6-14-7-9(10)8-3-1-2-4-11(8)13/h1-7H. The molecular formula is C11H7BrFN. The Hall–Kier alpha value is -1.22. The molecule has 0 N–H and O–H groups in total. The summed E-state index contributed by atoms with van der Waals surface area (Å²) in [4.78, 5) is 3.97. The minimum absolute atomic E-state index is 0.235. The average Bonchev–Trinajstić information content (AvgIpc) is 2.20. The Morgan fingerprint density at radius 2 is 1.86 bits per heavy atom. The first-order valence-corrected chi connectivity index (χ1v) is 4.93. The van der Waals surface area contributed by atoms with E-state index >= 15 is 0 Å². The highest BCUT2D eigenvalue weighted by Gasteiger charge is 2.06. The number of halogens is 2. The van der Waals surface area contributed by atoms with Gasteiger partial charge in [-0.25, -0.2) is 4.39 Å². The lowest BCUT2D eigenvalue weighted by molar-refractivity contribution is 0.631. The van der Waals surface area contributed by atoms with Crippen LogP contribution in [0.4, 0.5) is 4.39 Å². The Balaban J connectivity index is 2.61. The fourth-order valence-corrected chi connectivity index (χ4v) is 1.69. The SMILES string of the molecule is Fc1ccccc1-c1cnccc1Br. The van der Waals surface area contributed by atoms with E-state index in [9.17, 15) is 4.39 Å². The van der Waals surface area contributed by atoms with Gasteiger partial charge >= 0.3 is 0 Å². The fourth-order valence-electron chi connectivity index (χ4n) is 1.26. The second kappa shape index (κ2) is 3.88. The molecule has 0 saturated carbocycles. The summed E-state index contributed by atoms with van der Waals surface area (Å²) >= 11 is 3.36. The van der Waals surface area contributed by atoms with Crippen molar-refractivity contribution in [3.63, 3.8) is 0 Å². The summed E-state index contributed by atoms with van der Waals surface area (Å²) in [5.74, 6) is -0.235. The zero-order valence-corrected chi connectivity index (χ0v) is 8.83. The molecule has 14 heavy (non-hydrogen) atoms. The van der Waals surface area contributed by atoms with Crippen molar-refractivity contribution in [3.8, 4) is 11.1 Å². The molecule has 2 aromatic rings. The number of aromatic nitrogens is 1. The normalized spacial score (nSPS) is 10.1. The average molecular weight is 252 g/mol. The summed E-state index contributed by atoms with van der Waals surface area (Å²) in [6.45, 7) is 0. The van der Waals surface area contributed by atoms with Crippen molar-refractivity contribution in [2.24, 2.45) is 0 Å². The van der Waals surface area contributed by atoms with Crippen molar-refractivity contribution in [2.45, 2.75) is 0 Å². The van der Waals surface area contributed by atoms with Gasteiger partial charge in [0.15, 0.2) is 0 Å². The molecule has 0 atom stereocenters. The van der Waals surface area contributed by atoms with E-state index in [0.29, 0.717) is 5.56 Å². The van der Waals surface area contributed by atoms with Crippen LogP contribution in [0.15, 0.2) is 47.2 Å². The molecule has 1 heterocycles. The molecule has 1 nitrogen and oxygen atoms in total. The quantitative estimate of drug-likeness (QED) is 0.754. The molecule has 1 aromatic heterocycles. The number of hydrogen-bond donors (Lipinski definition) is 0. The van der Waals surface area contributed by atoms with Crippen LogP contribution in [0.1, 0.15) is 0 Å². The van der Waals surface area contributed by atoms with Gasteiger partial charge in [-0.1, -0.05) is 34.1 Å². The third-order valence-corrected chi connectivity index (χ3v) is 2.62. The highest BCUT2D eigenvalue weighted by molar-refractivity contribution is 9.10. The Kier molecular flexibility index (Phi) is 2.59. The zero-order chi connectivity index (χ0) is 9.97. The van der Waals surface area contributed by atoms with E-state index < -0.39 is 0 Å². The van der Waals surface area contributed by atoms with Crippen molar-refractivity contribution < 1.29 is 4.39 Å². The van der Waals surface area contributed by atoms with Gasteiger partial charge in [-0.15, -0.1) is 0 Å². The largest absolute Gasteiger partial charge is 0.264 e. The van der Waals surface area contributed by atoms with Gasteiger partial charge in [0.05, 0.1) is 0 Å². The number of rotatable bonds is 1. The Bertz CT molecular complexity index is 413. The summed E-state index contributed by atoms with van der Waals surface area (Å²) in [5.41, 5.74) is 1.33. The van der Waals surface area contributed by atoms with Gasteiger partial charge in [0.2, 0.25) is 0 Å². The van der Waals surface area contributed by atoms with Crippen molar-refractivity contribution in [1.82, 2.24) is 4.98 Å². The molecule has 0 aliphatic carbocycles. The predicted octanol–water partition coefficient (Wildman–Crippen LogP) is 3.65. The van der Waals surface area contributed by atoms with Gasteiger partial charge in [-0.05, 0) is 12.1 Å². The first-order valence-electron chi connectivity index (χ1n) is 4.13. The maximum Gasteiger partial charge on any atom is 0.131 e. The van der Waals surface area contributed by atoms with E-state index in [2.05, 4.69) is 20.9 Å². The molecular weight excluding hydrogens is 245 g/mol. The van der Waals surface area contributed by atoms with E-state index in [1.54, 1.807) is 36.7 Å². The number of benzene rings is 1. The van der Waals surface area contributed by atoms with Crippen molar-refractivity contribution in [2.75, 3.05) is 0 Å². The first kappa shape index (κ1) is 9.34. The molecule has 0 saturated heterocycles. The molecule has 1 aromatic carbocycles. The minimum atomic E-state index is -0.235. The third kappa shape index (κ3) is 1.68. The lowest BCUT2D eigenvalue weighted by atomic mass is 10.1. The van der Waals surface area contributed by atoms with Gasteiger partial charge in [-0.2, -0.15) is 0 Å². The lowest BCUT2D eigenvalue weighted by Gasteiger charge is -2.04. The van der Waals surface area contributed by atoms with Crippen LogP contribution in [0.25, 0.3) is 11.1 Å². The molecule has 0 bridgehead atoms. The predicted molar refractivity (Wildman–Crippen MR) is 57.3 cm³/mol. The molecule has 3 heteroatoms. The lowest BCUT2D eigenvalue weighted by Crippen LogP contribution is -1.85. The van der Waals surface area contributed by atoms with E-state index in [1.807, 2.05) is 0 Å². The topological polar surface area (TPSA) is 12.9 Å². The Morgan fingerprint density at radius 3 is 2.57 bits per heavy atom. The van der Waals surface area contributed by atoms with Crippen molar-refractivity contribution in [1.29, 1.82) is 0 Å². The van der Waals surface area contributed by atoms with E-state index in [-0.39, 0.29) is 5.82 Å². The van der Waals surface area contributed by atoms with Crippen LogP contribution >= 0.6 is 15.9 Å². The molecule has 0 radical (unpaired) electrons. The summed E-state index contributed by atoms with van der Waals surface area (Å²) < 4.78 is 14.3. The highest BCUT2D eigenvalue weighted by atomic mass is 79.9. The van der Waals surface area contributed by atoms with Crippen LogP contribution in [0.3, 0.4) is 0 Å². The Morgan fingerprint density at radius 1 is 1.07 bits per heavy atom. The fraction of sp³-hybridized carbons (Fsp3) is 0. The maximum atomic E-state index is 13.4. The first-order chi connectivity index (χ1) is 6.79. The molecule has 2 rings (SSSR count). The highest BCUT2D eigenvalue weighted by Crippen LogP contribution is 2.28. The van der Waals surface area contributed by atoms with Crippen LogP contribution in [0, 0.1) is 5.82 Å². The van der Waals surface area contributed by atoms with Gasteiger partial charge in [0.1, 0.15) is 5.82 Å². The van der Waals surface area contributed by atoms with Gasteiger partial charge in [0.25, 0.3) is 0 Å². The molecule has 0 fully saturated rings. The number of pyridine rings is 1. The van der Waals surface area contributed by atoms with Gasteiger partial charge in [-0.3, -0.25) is 4.98 Å². The molecule has 0 aliphatic heterocycles. The summed E-state index contributed by atoms with van der Waals surface area (Å²) in [6, 6.07) is 8.44. The van der Waals surface area contributed by atoms with Crippen LogP contribution in [-0.2, 0) is 0 Å². The second-order valence-corrected chi connectivity index (χ2v) is 3.69. The van der Waals surface area contributed by atoms with E-state index in [0.717, 1.165) is 10.0 Å². The van der Waals surface area contributed by atoms with E-state index in [4.69, 9.17) is 0 Å². The monoisotopic (exact) mass is 251 g/mol. The van der Waals surface area contributed by atoms with Crippen LogP contribution in [0.2, 0.25) is 0 Å². The smallest absolute Gasteiger partial charge is 0.131 e. The summed E-state index contributed by atoms with van der Waals surface area (Å²) in [7, 11) is 0. The van der Waals surface area contributed by atoms with Crippen molar-refractivity contribution >= 4 is 15.9 Å². The van der Waals surface area contributed by atoms with E-state index in [1.165, 1.54) is 6.07 Å². The second-order valence-electron chi connectivity index (χ2n) is 2.84.